The molecule has 4 heteroatoms. The van der Waals surface area contributed by atoms with Crippen molar-refractivity contribution >= 4 is 5.78 Å². The zero-order chi connectivity index (χ0) is 10.1. The van der Waals surface area contributed by atoms with Crippen molar-refractivity contribution in [3.05, 3.63) is 18.2 Å². The summed E-state index contributed by atoms with van der Waals surface area (Å²) in [4.78, 5) is 15.9. The number of ketones is 1. The third kappa shape index (κ3) is 1.57. The molecule has 1 fully saturated rings. The van der Waals surface area contributed by atoms with Gasteiger partial charge in [0.15, 0.2) is 5.82 Å². The average Bonchev–Trinajstić information content (AvgIpc) is 2.73. The molecule has 1 aliphatic heterocycles. The van der Waals surface area contributed by atoms with Crippen LogP contribution in [0.2, 0.25) is 0 Å². The molecule has 0 saturated carbocycles. The SMILES string of the molecule is CC1CCC(C(=O)c2nccn2C)O1. The van der Waals surface area contributed by atoms with E-state index in [9.17, 15) is 4.79 Å². The number of aryl methyl sites for hydroxylation is 1. The smallest absolute Gasteiger partial charge is 0.226 e. The molecule has 4 nitrogen and oxygen atoms in total. The van der Waals surface area contributed by atoms with Crippen LogP contribution in [0.25, 0.3) is 0 Å². The second-order valence-corrected chi connectivity index (χ2v) is 3.74. The number of nitrogens with zero attached hydrogens (tertiary/aromatic N) is 2. The van der Waals surface area contributed by atoms with Gasteiger partial charge in [0.1, 0.15) is 6.10 Å². The van der Waals surface area contributed by atoms with E-state index in [1.54, 1.807) is 17.0 Å². The molecule has 0 amide bonds. The molecule has 0 bridgehead atoms. The maximum Gasteiger partial charge on any atom is 0.226 e. The maximum absolute atomic E-state index is 11.9. The number of aromatic nitrogens is 2. The van der Waals surface area contributed by atoms with E-state index in [0.29, 0.717) is 5.82 Å². The van der Waals surface area contributed by atoms with Gasteiger partial charge in [-0.25, -0.2) is 4.98 Å². The fourth-order valence-corrected chi connectivity index (χ4v) is 1.74. The maximum atomic E-state index is 11.9. The molecule has 76 valence electrons. The van der Waals surface area contributed by atoms with Crippen LogP contribution < -0.4 is 0 Å². The van der Waals surface area contributed by atoms with Gasteiger partial charge >= 0.3 is 0 Å². The van der Waals surface area contributed by atoms with Crippen molar-refractivity contribution in [1.29, 1.82) is 0 Å². The Morgan fingerprint density at radius 3 is 2.93 bits per heavy atom. The molecule has 0 radical (unpaired) electrons. The Morgan fingerprint density at radius 1 is 1.64 bits per heavy atom. The van der Waals surface area contributed by atoms with Gasteiger partial charge < -0.3 is 9.30 Å². The summed E-state index contributed by atoms with van der Waals surface area (Å²) in [6.07, 6.45) is 5.08. The van der Waals surface area contributed by atoms with E-state index in [0.717, 1.165) is 12.8 Å². The Kier molecular flexibility index (Phi) is 2.37. The number of ether oxygens (including phenoxy) is 1. The summed E-state index contributed by atoms with van der Waals surface area (Å²) in [6, 6.07) is 0. The van der Waals surface area contributed by atoms with Gasteiger partial charge in [0.2, 0.25) is 5.78 Å². The fourth-order valence-electron chi connectivity index (χ4n) is 1.74. The largest absolute Gasteiger partial charge is 0.367 e. The molecule has 2 atom stereocenters. The normalized spacial score (nSPS) is 26.7. The zero-order valence-electron chi connectivity index (χ0n) is 8.43. The molecule has 1 aromatic heterocycles. The van der Waals surface area contributed by atoms with E-state index in [1.165, 1.54) is 0 Å². The third-order valence-corrected chi connectivity index (χ3v) is 2.57. The number of Topliss-reactive ketones (excluding diaryl/α,β-unsaturated/α-hetero) is 1. The molecule has 0 N–H and O–H groups in total. The molecule has 1 aliphatic rings. The minimum absolute atomic E-state index is 0.00171. The highest BCUT2D eigenvalue weighted by Crippen LogP contribution is 2.21. The number of carbonyl (C=O) groups is 1. The Hall–Kier alpha value is -1.16. The van der Waals surface area contributed by atoms with Gasteiger partial charge in [0, 0.05) is 19.4 Å². The van der Waals surface area contributed by atoms with E-state index in [4.69, 9.17) is 4.74 Å². The number of rotatable bonds is 2. The third-order valence-electron chi connectivity index (χ3n) is 2.57. The van der Waals surface area contributed by atoms with Crippen molar-refractivity contribution < 1.29 is 9.53 Å². The molecule has 0 aromatic carbocycles. The predicted octanol–water partition coefficient (Wildman–Crippen LogP) is 1.17. The highest BCUT2D eigenvalue weighted by molar-refractivity contribution is 5.96. The lowest BCUT2D eigenvalue weighted by Gasteiger charge is -2.09. The van der Waals surface area contributed by atoms with Gasteiger partial charge in [-0.2, -0.15) is 0 Å². The summed E-state index contributed by atoms with van der Waals surface area (Å²) in [5, 5.41) is 0. The first kappa shape index (κ1) is 9.40. The van der Waals surface area contributed by atoms with Crippen molar-refractivity contribution in [3.63, 3.8) is 0 Å². The first-order chi connectivity index (χ1) is 6.68. The summed E-state index contributed by atoms with van der Waals surface area (Å²) < 4.78 is 7.23. The van der Waals surface area contributed by atoms with Crippen LogP contribution in [-0.2, 0) is 11.8 Å². The number of imidazole rings is 1. The van der Waals surface area contributed by atoms with Crippen LogP contribution in [0.5, 0.6) is 0 Å². The summed E-state index contributed by atoms with van der Waals surface area (Å²) in [7, 11) is 1.82. The van der Waals surface area contributed by atoms with E-state index >= 15 is 0 Å². The molecule has 1 aromatic rings. The van der Waals surface area contributed by atoms with Gasteiger partial charge in [-0.1, -0.05) is 0 Å². The Bertz CT molecular complexity index is 346. The van der Waals surface area contributed by atoms with Gasteiger partial charge in [-0.05, 0) is 19.8 Å². The summed E-state index contributed by atoms with van der Waals surface area (Å²) in [6.45, 7) is 1.99. The molecule has 2 unspecified atom stereocenters. The van der Waals surface area contributed by atoms with Crippen LogP contribution in [-0.4, -0.2) is 27.5 Å². The summed E-state index contributed by atoms with van der Waals surface area (Å²) >= 11 is 0. The van der Waals surface area contributed by atoms with Gasteiger partial charge in [0.05, 0.1) is 6.10 Å². The van der Waals surface area contributed by atoms with Crippen LogP contribution in [0.1, 0.15) is 30.4 Å². The van der Waals surface area contributed by atoms with Crippen molar-refractivity contribution in [2.45, 2.75) is 32.0 Å². The van der Waals surface area contributed by atoms with Crippen LogP contribution in [0.3, 0.4) is 0 Å². The first-order valence-corrected chi connectivity index (χ1v) is 4.85. The number of hydrogen-bond donors (Lipinski definition) is 0. The number of carbonyl (C=O) groups excluding carboxylic acids is 1. The minimum Gasteiger partial charge on any atom is -0.367 e. The van der Waals surface area contributed by atoms with Gasteiger partial charge in [0.25, 0.3) is 0 Å². The lowest BCUT2D eigenvalue weighted by atomic mass is 10.1. The molecule has 0 aliphatic carbocycles. The van der Waals surface area contributed by atoms with Gasteiger partial charge in [-0.15, -0.1) is 0 Å². The fraction of sp³-hybridized carbons (Fsp3) is 0.600. The highest BCUT2D eigenvalue weighted by atomic mass is 16.5. The van der Waals surface area contributed by atoms with E-state index in [2.05, 4.69) is 4.98 Å². The Labute approximate surface area is 82.9 Å². The highest BCUT2D eigenvalue weighted by Gasteiger charge is 2.30. The van der Waals surface area contributed by atoms with Crippen LogP contribution in [0, 0.1) is 0 Å². The van der Waals surface area contributed by atoms with Crippen molar-refractivity contribution in [2.75, 3.05) is 0 Å². The quantitative estimate of drug-likeness (QED) is 0.664. The molecule has 14 heavy (non-hydrogen) atoms. The summed E-state index contributed by atoms with van der Waals surface area (Å²) in [5.41, 5.74) is 0. The van der Waals surface area contributed by atoms with E-state index in [1.807, 2.05) is 14.0 Å². The van der Waals surface area contributed by atoms with Crippen molar-refractivity contribution in [2.24, 2.45) is 7.05 Å². The number of hydrogen-bond acceptors (Lipinski definition) is 3. The average molecular weight is 194 g/mol. The predicted molar refractivity (Wildman–Crippen MR) is 51.1 cm³/mol. The van der Waals surface area contributed by atoms with Gasteiger partial charge in [-0.3, -0.25) is 4.79 Å². The second-order valence-electron chi connectivity index (χ2n) is 3.74. The van der Waals surface area contributed by atoms with Crippen molar-refractivity contribution in [3.8, 4) is 0 Å². The van der Waals surface area contributed by atoms with E-state index < -0.39 is 0 Å². The lowest BCUT2D eigenvalue weighted by Crippen LogP contribution is -2.23. The monoisotopic (exact) mass is 194 g/mol. The van der Waals surface area contributed by atoms with Crippen LogP contribution in [0.15, 0.2) is 12.4 Å². The minimum atomic E-state index is -0.286. The molecular formula is C10H14N2O2. The van der Waals surface area contributed by atoms with Crippen LogP contribution in [0.4, 0.5) is 0 Å². The molecule has 2 heterocycles. The molecular weight excluding hydrogens is 180 g/mol. The van der Waals surface area contributed by atoms with Crippen LogP contribution >= 0.6 is 0 Å². The molecule has 0 spiro atoms. The lowest BCUT2D eigenvalue weighted by molar-refractivity contribution is 0.0422. The first-order valence-electron chi connectivity index (χ1n) is 4.85. The standard InChI is InChI=1S/C10H14N2O2/c1-7-3-4-8(14-7)9(13)10-11-5-6-12(10)2/h5-8H,3-4H2,1-2H3. The zero-order valence-corrected chi connectivity index (χ0v) is 8.43. The van der Waals surface area contributed by atoms with Crippen molar-refractivity contribution in [1.82, 2.24) is 9.55 Å². The Morgan fingerprint density at radius 2 is 2.43 bits per heavy atom. The summed E-state index contributed by atoms with van der Waals surface area (Å²) in [5.74, 6) is 0.492. The molecule has 2 rings (SSSR count). The topological polar surface area (TPSA) is 44.1 Å². The second kappa shape index (κ2) is 3.53. The van der Waals surface area contributed by atoms with E-state index in [-0.39, 0.29) is 18.0 Å². The Balaban J connectivity index is 2.13. The molecule has 1 saturated heterocycles.